The van der Waals surface area contributed by atoms with Crippen LogP contribution in [-0.4, -0.2) is 21.7 Å². The summed E-state index contributed by atoms with van der Waals surface area (Å²) in [6, 6.07) is 3.85. The molecule has 90 valence electrons. The number of aryl methyl sites for hydroxylation is 1. The van der Waals surface area contributed by atoms with Gasteiger partial charge in [-0.3, -0.25) is 4.98 Å². The van der Waals surface area contributed by atoms with Crippen LogP contribution < -0.4 is 5.32 Å². The highest BCUT2D eigenvalue weighted by Gasteiger charge is 2.07. The van der Waals surface area contributed by atoms with Crippen LogP contribution in [0.15, 0.2) is 22.7 Å². The van der Waals surface area contributed by atoms with E-state index < -0.39 is 0 Å². The Hall–Kier alpha value is -1.75. The third-order valence-electron chi connectivity index (χ3n) is 2.33. The monoisotopic (exact) mass is 232 g/mol. The van der Waals surface area contributed by atoms with Crippen LogP contribution in [0.4, 0.5) is 0 Å². The Bertz CT molecular complexity index is 464. The van der Waals surface area contributed by atoms with Crippen molar-refractivity contribution < 1.29 is 4.42 Å². The molecule has 5 nitrogen and oxygen atoms in total. The molecule has 0 radical (unpaired) electrons. The Morgan fingerprint density at radius 3 is 2.88 bits per heavy atom. The molecular weight excluding hydrogens is 216 g/mol. The van der Waals surface area contributed by atoms with Crippen LogP contribution in [0.5, 0.6) is 0 Å². The fraction of sp³-hybridized carbons (Fsp3) is 0.417. The van der Waals surface area contributed by atoms with Gasteiger partial charge in [0.05, 0.1) is 12.1 Å². The zero-order valence-corrected chi connectivity index (χ0v) is 10.1. The van der Waals surface area contributed by atoms with Crippen LogP contribution in [0.3, 0.4) is 0 Å². The lowest BCUT2D eigenvalue weighted by molar-refractivity contribution is 0.477. The number of pyridine rings is 1. The van der Waals surface area contributed by atoms with Gasteiger partial charge in [0.1, 0.15) is 0 Å². The average molecular weight is 232 g/mol. The molecule has 0 bridgehead atoms. The van der Waals surface area contributed by atoms with Crippen molar-refractivity contribution >= 4 is 0 Å². The quantitative estimate of drug-likeness (QED) is 0.798. The molecule has 0 fully saturated rings. The van der Waals surface area contributed by atoms with Gasteiger partial charge in [-0.2, -0.15) is 0 Å². The molecule has 2 aromatic rings. The van der Waals surface area contributed by atoms with Gasteiger partial charge in [0, 0.05) is 11.9 Å². The average Bonchev–Trinajstić information content (AvgIpc) is 2.79. The van der Waals surface area contributed by atoms with Gasteiger partial charge in [-0.05, 0) is 32.0 Å². The van der Waals surface area contributed by atoms with E-state index in [1.54, 1.807) is 6.20 Å². The molecule has 0 aliphatic heterocycles. The number of nitrogens with one attached hydrogen (secondary N) is 1. The molecule has 0 aliphatic carbocycles. The lowest BCUT2D eigenvalue weighted by Crippen LogP contribution is -2.13. The van der Waals surface area contributed by atoms with Crippen molar-refractivity contribution in [2.75, 3.05) is 6.54 Å². The van der Waals surface area contributed by atoms with Crippen LogP contribution in [0.1, 0.15) is 24.9 Å². The summed E-state index contributed by atoms with van der Waals surface area (Å²) in [5, 5.41) is 11.2. The van der Waals surface area contributed by atoms with E-state index in [9.17, 15) is 0 Å². The van der Waals surface area contributed by atoms with Crippen LogP contribution in [0.2, 0.25) is 0 Å². The molecule has 0 aromatic carbocycles. The highest BCUT2D eigenvalue weighted by Crippen LogP contribution is 2.16. The Kier molecular flexibility index (Phi) is 3.82. The van der Waals surface area contributed by atoms with Crippen LogP contribution >= 0.6 is 0 Å². The van der Waals surface area contributed by atoms with E-state index in [4.69, 9.17) is 4.42 Å². The lowest BCUT2D eigenvalue weighted by Gasteiger charge is -1.97. The molecule has 2 heterocycles. The summed E-state index contributed by atoms with van der Waals surface area (Å²) in [7, 11) is 0. The smallest absolute Gasteiger partial charge is 0.249 e. The van der Waals surface area contributed by atoms with Gasteiger partial charge in [-0.1, -0.05) is 6.92 Å². The van der Waals surface area contributed by atoms with Gasteiger partial charge in [0.15, 0.2) is 0 Å². The van der Waals surface area contributed by atoms with Crippen molar-refractivity contribution in [3.05, 3.63) is 29.9 Å². The summed E-state index contributed by atoms with van der Waals surface area (Å²) in [5.74, 6) is 1.12. The standard InChI is InChI=1S/C12H16N4O/c1-3-6-13-8-11-15-16-12(17-11)10-5-4-9(2)14-7-10/h4-5,7,13H,3,6,8H2,1-2H3. The Labute approximate surface area is 100 Å². The predicted molar refractivity (Wildman–Crippen MR) is 64.3 cm³/mol. The molecule has 0 aliphatic rings. The highest BCUT2D eigenvalue weighted by molar-refractivity contribution is 5.50. The molecule has 0 atom stereocenters. The van der Waals surface area contributed by atoms with E-state index in [-0.39, 0.29) is 0 Å². The van der Waals surface area contributed by atoms with Gasteiger partial charge in [-0.15, -0.1) is 10.2 Å². The first-order chi connectivity index (χ1) is 8.29. The normalized spacial score (nSPS) is 10.7. The Balaban J connectivity index is 2.04. The minimum Gasteiger partial charge on any atom is -0.419 e. The second-order valence-corrected chi connectivity index (χ2v) is 3.87. The van der Waals surface area contributed by atoms with Gasteiger partial charge >= 0.3 is 0 Å². The van der Waals surface area contributed by atoms with E-state index in [0.717, 1.165) is 24.2 Å². The first-order valence-electron chi connectivity index (χ1n) is 5.75. The molecule has 2 aromatic heterocycles. The van der Waals surface area contributed by atoms with Crippen molar-refractivity contribution in [2.45, 2.75) is 26.8 Å². The van der Waals surface area contributed by atoms with E-state index >= 15 is 0 Å². The largest absolute Gasteiger partial charge is 0.419 e. The number of rotatable bonds is 5. The first-order valence-corrected chi connectivity index (χ1v) is 5.75. The minimum atomic E-state index is 0.519. The molecule has 0 saturated heterocycles. The maximum Gasteiger partial charge on any atom is 0.249 e. The zero-order chi connectivity index (χ0) is 12.1. The summed E-state index contributed by atoms with van der Waals surface area (Å²) in [4.78, 5) is 4.20. The number of nitrogens with zero attached hydrogens (tertiary/aromatic N) is 3. The van der Waals surface area contributed by atoms with Crippen LogP contribution in [0, 0.1) is 6.92 Å². The lowest BCUT2D eigenvalue weighted by atomic mass is 10.2. The van der Waals surface area contributed by atoms with E-state index in [0.29, 0.717) is 18.3 Å². The second kappa shape index (κ2) is 5.54. The van der Waals surface area contributed by atoms with E-state index in [1.165, 1.54) is 0 Å². The molecule has 5 heteroatoms. The van der Waals surface area contributed by atoms with Gasteiger partial charge in [0.25, 0.3) is 0 Å². The van der Waals surface area contributed by atoms with Crippen molar-refractivity contribution in [3.63, 3.8) is 0 Å². The van der Waals surface area contributed by atoms with Gasteiger partial charge in [-0.25, -0.2) is 0 Å². The topological polar surface area (TPSA) is 63.8 Å². The molecular formula is C12H16N4O. The van der Waals surface area contributed by atoms with Crippen molar-refractivity contribution in [3.8, 4) is 11.5 Å². The first kappa shape index (κ1) is 11.7. The third kappa shape index (κ3) is 3.10. The summed E-state index contributed by atoms with van der Waals surface area (Å²) < 4.78 is 5.53. The van der Waals surface area contributed by atoms with E-state index in [1.807, 2.05) is 19.1 Å². The molecule has 0 spiro atoms. The van der Waals surface area contributed by atoms with Crippen molar-refractivity contribution in [1.29, 1.82) is 0 Å². The molecule has 0 saturated carbocycles. The fourth-order valence-electron chi connectivity index (χ4n) is 1.41. The minimum absolute atomic E-state index is 0.519. The summed E-state index contributed by atoms with van der Waals surface area (Å²) in [6.07, 6.45) is 2.83. The predicted octanol–water partition coefficient (Wildman–Crippen LogP) is 1.94. The molecule has 17 heavy (non-hydrogen) atoms. The Morgan fingerprint density at radius 1 is 1.29 bits per heavy atom. The fourth-order valence-corrected chi connectivity index (χ4v) is 1.41. The molecule has 2 rings (SSSR count). The molecule has 1 N–H and O–H groups in total. The zero-order valence-electron chi connectivity index (χ0n) is 10.1. The van der Waals surface area contributed by atoms with Gasteiger partial charge < -0.3 is 9.73 Å². The van der Waals surface area contributed by atoms with Crippen molar-refractivity contribution in [1.82, 2.24) is 20.5 Å². The number of aromatic nitrogens is 3. The van der Waals surface area contributed by atoms with Crippen LogP contribution in [-0.2, 0) is 6.54 Å². The summed E-state index contributed by atoms with van der Waals surface area (Å²) in [5.41, 5.74) is 1.82. The molecule has 0 unspecified atom stereocenters. The number of hydrogen-bond donors (Lipinski definition) is 1. The van der Waals surface area contributed by atoms with Crippen LogP contribution in [0.25, 0.3) is 11.5 Å². The number of hydrogen-bond acceptors (Lipinski definition) is 5. The SMILES string of the molecule is CCCNCc1nnc(-c2ccc(C)nc2)o1. The van der Waals surface area contributed by atoms with Crippen molar-refractivity contribution in [2.24, 2.45) is 0 Å². The maximum atomic E-state index is 5.53. The summed E-state index contributed by atoms with van der Waals surface area (Å²) in [6.45, 7) is 5.62. The van der Waals surface area contributed by atoms with Gasteiger partial charge in [0.2, 0.25) is 11.8 Å². The second-order valence-electron chi connectivity index (χ2n) is 3.87. The molecule has 0 amide bonds. The maximum absolute atomic E-state index is 5.53. The summed E-state index contributed by atoms with van der Waals surface area (Å²) >= 11 is 0. The highest BCUT2D eigenvalue weighted by atomic mass is 16.4. The Morgan fingerprint density at radius 2 is 2.18 bits per heavy atom. The third-order valence-corrected chi connectivity index (χ3v) is 2.33. The van der Waals surface area contributed by atoms with E-state index in [2.05, 4.69) is 27.4 Å².